The molecule has 18 heavy (non-hydrogen) atoms. The molecule has 6 nitrogen and oxygen atoms in total. The van der Waals surface area contributed by atoms with E-state index in [9.17, 15) is 9.59 Å². The summed E-state index contributed by atoms with van der Waals surface area (Å²) in [6.45, 7) is 2.32. The third kappa shape index (κ3) is 2.69. The molecular weight excluding hydrogens is 236 g/mol. The first-order valence-electron chi connectivity index (χ1n) is 6.04. The molecule has 1 amide bonds. The van der Waals surface area contributed by atoms with Gasteiger partial charge >= 0.3 is 5.97 Å². The van der Waals surface area contributed by atoms with Crippen molar-refractivity contribution in [2.75, 3.05) is 6.54 Å². The number of aromatic carboxylic acids is 1. The number of piperidine rings is 1. The molecule has 1 aromatic heterocycles. The molecule has 2 rings (SSSR count). The van der Waals surface area contributed by atoms with Gasteiger partial charge < -0.3 is 14.5 Å². The Bertz CT molecular complexity index is 455. The molecule has 0 spiro atoms. The summed E-state index contributed by atoms with van der Waals surface area (Å²) in [5.74, 6) is -0.528. The highest BCUT2D eigenvalue weighted by Crippen LogP contribution is 2.21. The maximum absolute atomic E-state index is 11.5. The van der Waals surface area contributed by atoms with Crippen LogP contribution in [0, 0.1) is 0 Å². The number of likely N-dealkylation sites (tertiary alicyclic amines) is 1. The van der Waals surface area contributed by atoms with Crippen LogP contribution in [0.25, 0.3) is 0 Å². The van der Waals surface area contributed by atoms with E-state index in [0.717, 1.165) is 25.8 Å². The molecule has 0 aromatic carbocycles. The first kappa shape index (κ1) is 12.6. The fourth-order valence-electron chi connectivity index (χ4n) is 2.37. The van der Waals surface area contributed by atoms with Crippen molar-refractivity contribution >= 4 is 11.9 Å². The van der Waals surface area contributed by atoms with E-state index in [4.69, 9.17) is 9.63 Å². The second kappa shape index (κ2) is 5.20. The number of rotatable bonds is 3. The highest BCUT2D eigenvalue weighted by Gasteiger charge is 2.26. The number of carbonyl (C=O) groups is 2. The average molecular weight is 252 g/mol. The van der Waals surface area contributed by atoms with Gasteiger partial charge in [-0.15, -0.1) is 0 Å². The molecule has 1 saturated heterocycles. The SMILES string of the molecule is CC(=O)N1CCCCC1Cc1cc(C(=O)O)no1. The fraction of sp³-hybridized carbons (Fsp3) is 0.583. The molecule has 1 unspecified atom stereocenters. The second-order valence-corrected chi connectivity index (χ2v) is 4.55. The van der Waals surface area contributed by atoms with Gasteiger partial charge in [-0.2, -0.15) is 0 Å². The zero-order valence-corrected chi connectivity index (χ0v) is 10.3. The van der Waals surface area contributed by atoms with Crippen LogP contribution >= 0.6 is 0 Å². The standard InChI is InChI=1S/C12H16N2O4/c1-8(15)14-5-3-2-4-9(14)6-10-7-11(12(16)17)13-18-10/h7,9H,2-6H2,1H3,(H,16,17). The van der Waals surface area contributed by atoms with Crippen molar-refractivity contribution < 1.29 is 19.2 Å². The Morgan fingerprint density at radius 1 is 1.56 bits per heavy atom. The number of hydrogen-bond donors (Lipinski definition) is 1. The Balaban J connectivity index is 2.06. The van der Waals surface area contributed by atoms with Crippen molar-refractivity contribution in [3.05, 3.63) is 17.5 Å². The molecule has 1 fully saturated rings. The van der Waals surface area contributed by atoms with Crippen molar-refractivity contribution in [2.24, 2.45) is 0 Å². The van der Waals surface area contributed by atoms with Gasteiger partial charge in [0.05, 0.1) is 0 Å². The lowest BCUT2D eigenvalue weighted by Gasteiger charge is -2.34. The van der Waals surface area contributed by atoms with Crippen LogP contribution in [0.3, 0.4) is 0 Å². The van der Waals surface area contributed by atoms with Crippen LogP contribution in [0.2, 0.25) is 0 Å². The van der Waals surface area contributed by atoms with E-state index in [1.165, 1.54) is 6.07 Å². The highest BCUT2D eigenvalue weighted by atomic mass is 16.5. The van der Waals surface area contributed by atoms with Crippen LogP contribution in [0.1, 0.15) is 42.4 Å². The third-order valence-electron chi connectivity index (χ3n) is 3.25. The van der Waals surface area contributed by atoms with E-state index >= 15 is 0 Å². The van der Waals surface area contributed by atoms with Gasteiger partial charge in [-0.1, -0.05) is 5.16 Å². The molecule has 1 N–H and O–H groups in total. The minimum absolute atomic E-state index is 0.0534. The minimum atomic E-state index is -1.10. The van der Waals surface area contributed by atoms with Crippen molar-refractivity contribution in [1.29, 1.82) is 0 Å². The van der Waals surface area contributed by atoms with Crippen molar-refractivity contribution in [1.82, 2.24) is 10.1 Å². The van der Waals surface area contributed by atoms with Crippen molar-refractivity contribution in [3.63, 3.8) is 0 Å². The molecule has 1 aliphatic heterocycles. The maximum Gasteiger partial charge on any atom is 0.358 e. The Kier molecular flexibility index (Phi) is 3.64. The van der Waals surface area contributed by atoms with Crippen molar-refractivity contribution in [2.45, 2.75) is 38.6 Å². The lowest BCUT2D eigenvalue weighted by molar-refractivity contribution is -0.132. The van der Waals surface area contributed by atoms with E-state index in [-0.39, 0.29) is 17.6 Å². The topological polar surface area (TPSA) is 83.6 Å². The van der Waals surface area contributed by atoms with E-state index in [1.54, 1.807) is 6.92 Å². The molecule has 1 aromatic rings. The van der Waals surface area contributed by atoms with Crippen molar-refractivity contribution in [3.8, 4) is 0 Å². The van der Waals surface area contributed by atoms with E-state index in [2.05, 4.69) is 5.16 Å². The van der Waals surface area contributed by atoms with Gasteiger partial charge in [0.25, 0.3) is 0 Å². The lowest BCUT2D eigenvalue weighted by Crippen LogP contribution is -2.43. The first-order chi connectivity index (χ1) is 8.58. The summed E-state index contributed by atoms with van der Waals surface area (Å²) in [6, 6.07) is 1.51. The summed E-state index contributed by atoms with van der Waals surface area (Å²) in [5.41, 5.74) is -0.0878. The first-order valence-corrected chi connectivity index (χ1v) is 6.04. The maximum atomic E-state index is 11.5. The quantitative estimate of drug-likeness (QED) is 0.877. The van der Waals surface area contributed by atoms with Gasteiger partial charge in [0.2, 0.25) is 5.91 Å². The van der Waals surface area contributed by atoms with Crippen LogP contribution in [-0.4, -0.2) is 39.6 Å². The van der Waals surface area contributed by atoms with E-state index < -0.39 is 5.97 Å². The fourth-order valence-corrected chi connectivity index (χ4v) is 2.37. The number of aromatic nitrogens is 1. The minimum Gasteiger partial charge on any atom is -0.476 e. The van der Waals surface area contributed by atoms with Gasteiger partial charge in [0.1, 0.15) is 5.76 Å². The number of hydrogen-bond acceptors (Lipinski definition) is 4. The lowest BCUT2D eigenvalue weighted by atomic mass is 9.98. The molecule has 2 heterocycles. The summed E-state index contributed by atoms with van der Waals surface area (Å²) >= 11 is 0. The van der Waals surface area contributed by atoms with Gasteiger partial charge in [0.15, 0.2) is 5.69 Å². The van der Waals surface area contributed by atoms with Gasteiger partial charge in [-0.3, -0.25) is 4.79 Å². The molecule has 0 aliphatic carbocycles. The molecule has 1 atom stereocenters. The normalized spacial score (nSPS) is 19.8. The molecule has 0 bridgehead atoms. The Morgan fingerprint density at radius 2 is 2.33 bits per heavy atom. The van der Waals surface area contributed by atoms with Gasteiger partial charge in [0, 0.05) is 32.0 Å². The third-order valence-corrected chi connectivity index (χ3v) is 3.25. The smallest absolute Gasteiger partial charge is 0.358 e. The summed E-state index contributed by atoms with van der Waals surface area (Å²) in [6.07, 6.45) is 3.55. The Hall–Kier alpha value is -1.85. The zero-order valence-electron chi connectivity index (χ0n) is 10.3. The van der Waals surface area contributed by atoms with Gasteiger partial charge in [-0.25, -0.2) is 4.79 Å². The van der Waals surface area contributed by atoms with E-state index in [1.807, 2.05) is 4.90 Å². The van der Waals surface area contributed by atoms with Crippen LogP contribution in [-0.2, 0) is 11.2 Å². The highest BCUT2D eigenvalue weighted by molar-refractivity contribution is 5.85. The second-order valence-electron chi connectivity index (χ2n) is 4.55. The summed E-state index contributed by atoms with van der Waals surface area (Å²) in [5, 5.41) is 12.2. The Labute approximate surface area is 105 Å². The molecule has 0 radical (unpaired) electrons. The molecule has 1 aliphatic rings. The van der Waals surface area contributed by atoms with Crippen LogP contribution < -0.4 is 0 Å². The number of carboxylic acids is 1. The van der Waals surface area contributed by atoms with E-state index in [0.29, 0.717) is 12.2 Å². The summed E-state index contributed by atoms with van der Waals surface area (Å²) < 4.78 is 4.99. The summed E-state index contributed by atoms with van der Waals surface area (Å²) in [7, 11) is 0. The predicted octanol–water partition coefficient (Wildman–Crippen LogP) is 1.32. The largest absolute Gasteiger partial charge is 0.476 e. The van der Waals surface area contributed by atoms with Crippen LogP contribution in [0.15, 0.2) is 10.6 Å². The number of amides is 1. The monoisotopic (exact) mass is 252 g/mol. The van der Waals surface area contributed by atoms with Crippen LogP contribution in [0.4, 0.5) is 0 Å². The molecule has 6 heteroatoms. The predicted molar refractivity (Wildman–Crippen MR) is 62.2 cm³/mol. The molecule has 0 saturated carbocycles. The van der Waals surface area contributed by atoms with Crippen LogP contribution in [0.5, 0.6) is 0 Å². The molecular formula is C12H16N2O4. The zero-order chi connectivity index (χ0) is 13.1. The Morgan fingerprint density at radius 3 is 2.94 bits per heavy atom. The number of nitrogens with zero attached hydrogens (tertiary/aromatic N) is 2. The molecule has 98 valence electrons. The summed E-state index contributed by atoms with van der Waals surface area (Å²) in [4.78, 5) is 24.0. The number of carbonyl (C=O) groups excluding carboxylic acids is 1. The number of carboxylic acid groups (broad SMARTS) is 1. The van der Waals surface area contributed by atoms with Gasteiger partial charge in [-0.05, 0) is 19.3 Å². The average Bonchev–Trinajstić information content (AvgIpc) is 2.78.